The summed E-state index contributed by atoms with van der Waals surface area (Å²) in [6.07, 6.45) is 4.20. The number of halogens is 1. The number of hydrogen-bond acceptors (Lipinski definition) is 5. The van der Waals surface area contributed by atoms with Gasteiger partial charge in [0.05, 0.1) is 6.07 Å². The number of anilines is 1. The van der Waals surface area contributed by atoms with Gasteiger partial charge in [-0.1, -0.05) is 12.8 Å². The smallest absolute Gasteiger partial charge is 0.226 e. The molecule has 8 heteroatoms. The van der Waals surface area contributed by atoms with E-state index < -0.39 is 5.54 Å². The molecule has 1 aliphatic carbocycles. The summed E-state index contributed by atoms with van der Waals surface area (Å²) in [4.78, 5) is 30.6. The van der Waals surface area contributed by atoms with Gasteiger partial charge in [-0.25, -0.2) is 4.39 Å². The van der Waals surface area contributed by atoms with Crippen molar-refractivity contribution in [1.29, 1.82) is 5.26 Å². The van der Waals surface area contributed by atoms with Gasteiger partial charge in [0.15, 0.2) is 0 Å². The second-order valence-electron chi connectivity index (χ2n) is 9.08. The third-order valence-corrected chi connectivity index (χ3v) is 7.13. The van der Waals surface area contributed by atoms with Crippen molar-refractivity contribution in [3.8, 4) is 6.07 Å². The molecule has 2 amide bonds. The molecule has 0 spiro atoms. The lowest BCUT2D eigenvalue weighted by atomic mass is 9.77. The minimum Gasteiger partial charge on any atom is -0.381 e. The van der Waals surface area contributed by atoms with Crippen molar-refractivity contribution in [2.75, 3.05) is 44.3 Å². The highest BCUT2D eigenvalue weighted by atomic mass is 19.1. The lowest BCUT2D eigenvalue weighted by Gasteiger charge is -2.40. The molecular formula is C24H31FN4O3. The third-order valence-electron chi connectivity index (χ3n) is 7.13. The van der Waals surface area contributed by atoms with Crippen LogP contribution in [-0.2, 0) is 14.3 Å². The van der Waals surface area contributed by atoms with Gasteiger partial charge in [0.1, 0.15) is 11.4 Å². The number of nitrogens with zero attached hydrogens (tertiary/aromatic N) is 3. The quantitative estimate of drug-likeness (QED) is 0.774. The van der Waals surface area contributed by atoms with Gasteiger partial charge >= 0.3 is 0 Å². The molecule has 2 heterocycles. The monoisotopic (exact) mass is 442 g/mol. The highest BCUT2D eigenvalue weighted by Crippen LogP contribution is 2.33. The van der Waals surface area contributed by atoms with E-state index >= 15 is 0 Å². The summed E-state index contributed by atoms with van der Waals surface area (Å²) >= 11 is 0. The molecule has 1 saturated carbocycles. The van der Waals surface area contributed by atoms with Crippen LogP contribution in [0.15, 0.2) is 24.3 Å². The van der Waals surface area contributed by atoms with Crippen LogP contribution in [0.2, 0.25) is 0 Å². The van der Waals surface area contributed by atoms with E-state index in [4.69, 9.17) is 4.74 Å². The SMILES string of the molecule is N#CC1(NC(=O)[C@@H]2CCCC[C@H]2C(=O)N2CCN(c3ccc(F)cc3)CC2)CCOCC1. The van der Waals surface area contributed by atoms with Crippen molar-refractivity contribution in [1.82, 2.24) is 10.2 Å². The first-order valence-corrected chi connectivity index (χ1v) is 11.6. The summed E-state index contributed by atoms with van der Waals surface area (Å²) in [5, 5.41) is 12.7. The summed E-state index contributed by atoms with van der Waals surface area (Å²) in [7, 11) is 0. The normalized spacial score (nSPS) is 25.6. The lowest BCUT2D eigenvalue weighted by Crippen LogP contribution is -2.56. The minimum atomic E-state index is -0.888. The lowest BCUT2D eigenvalue weighted by molar-refractivity contribution is -0.144. The third kappa shape index (κ3) is 4.88. The predicted molar refractivity (Wildman–Crippen MR) is 117 cm³/mol. The molecule has 3 fully saturated rings. The summed E-state index contributed by atoms with van der Waals surface area (Å²) in [5.41, 5.74) is 0.0629. The molecular weight excluding hydrogens is 411 g/mol. The maximum atomic E-state index is 13.4. The average molecular weight is 443 g/mol. The molecule has 0 bridgehead atoms. The van der Waals surface area contributed by atoms with E-state index in [0.29, 0.717) is 65.1 Å². The molecule has 2 atom stereocenters. The number of benzene rings is 1. The Morgan fingerprint density at radius 1 is 1.03 bits per heavy atom. The highest BCUT2D eigenvalue weighted by molar-refractivity contribution is 5.88. The first kappa shape index (κ1) is 22.5. The maximum Gasteiger partial charge on any atom is 0.226 e. The molecule has 1 N–H and O–H groups in total. The first-order valence-electron chi connectivity index (χ1n) is 11.6. The van der Waals surface area contributed by atoms with Crippen molar-refractivity contribution in [3.63, 3.8) is 0 Å². The molecule has 7 nitrogen and oxygen atoms in total. The summed E-state index contributed by atoms with van der Waals surface area (Å²) < 4.78 is 18.5. The topological polar surface area (TPSA) is 85.7 Å². The van der Waals surface area contributed by atoms with Crippen LogP contribution < -0.4 is 10.2 Å². The number of amides is 2. The van der Waals surface area contributed by atoms with Gasteiger partial charge < -0.3 is 19.9 Å². The molecule has 0 radical (unpaired) electrons. The zero-order chi connectivity index (χ0) is 22.6. The minimum absolute atomic E-state index is 0.0431. The first-order chi connectivity index (χ1) is 15.5. The van der Waals surface area contributed by atoms with Crippen molar-refractivity contribution in [3.05, 3.63) is 30.1 Å². The van der Waals surface area contributed by atoms with E-state index in [1.807, 2.05) is 4.90 Å². The van der Waals surface area contributed by atoms with Crippen LogP contribution in [0.1, 0.15) is 38.5 Å². The standard InChI is InChI=1S/C24H31FN4O3/c25-18-5-7-19(8-6-18)28-11-13-29(14-12-28)23(31)21-4-2-1-3-20(21)22(30)27-24(17-26)9-15-32-16-10-24/h5-8,20-21H,1-4,9-16H2,(H,27,30)/t20-,21-/m1/s1. The van der Waals surface area contributed by atoms with Crippen molar-refractivity contribution in [2.45, 2.75) is 44.1 Å². The van der Waals surface area contributed by atoms with Crippen LogP contribution in [0.5, 0.6) is 0 Å². The van der Waals surface area contributed by atoms with Gasteiger partial charge in [-0.3, -0.25) is 9.59 Å². The summed E-state index contributed by atoms with van der Waals surface area (Å²) in [5.74, 6) is -1.11. The van der Waals surface area contributed by atoms with E-state index in [-0.39, 0.29) is 29.5 Å². The number of nitrogens with one attached hydrogen (secondary N) is 1. The van der Waals surface area contributed by atoms with Gasteiger partial charge in [0, 0.05) is 69.8 Å². The average Bonchev–Trinajstić information content (AvgIpc) is 2.85. The second-order valence-corrected chi connectivity index (χ2v) is 9.08. The van der Waals surface area contributed by atoms with E-state index in [0.717, 1.165) is 18.5 Å². The fraction of sp³-hybridized carbons (Fsp3) is 0.625. The van der Waals surface area contributed by atoms with E-state index in [9.17, 15) is 19.2 Å². The molecule has 2 saturated heterocycles. The number of piperazine rings is 1. The molecule has 2 aliphatic heterocycles. The number of carbonyl (C=O) groups is 2. The zero-order valence-electron chi connectivity index (χ0n) is 18.4. The Balaban J connectivity index is 1.38. The Morgan fingerprint density at radius 3 is 2.28 bits per heavy atom. The van der Waals surface area contributed by atoms with Gasteiger partial charge in [-0.15, -0.1) is 0 Å². The van der Waals surface area contributed by atoms with E-state index in [1.54, 1.807) is 12.1 Å². The molecule has 1 aromatic carbocycles. The number of rotatable bonds is 4. The number of nitriles is 1. The molecule has 3 aliphatic rings. The van der Waals surface area contributed by atoms with Crippen LogP contribution >= 0.6 is 0 Å². The van der Waals surface area contributed by atoms with Crippen LogP contribution in [0.3, 0.4) is 0 Å². The molecule has 172 valence electrons. The Hall–Kier alpha value is -2.66. The Kier molecular flexibility index (Phi) is 6.95. The van der Waals surface area contributed by atoms with Gasteiger partial charge in [-0.05, 0) is 37.1 Å². The van der Waals surface area contributed by atoms with E-state index in [1.165, 1.54) is 12.1 Å². The number of hydrogen-bond donors (Lipinski definition) is 1. The Morgan fingerprint density at radius 2 is 1.66 bits per heavy atom. The molecule has 0 unspecified atom stereocenters. The second kappa shape index (κ2) is 9.86. The predicted octanol–water partition coefficient (Wildman–Crippen LogP) is 2.47. The fourth-order valence-electron chi connectivity index (χ4n) is 5.12. The maximum absolute atomic E-state index is 13.4. The van der Waals surface area contributed by atoms with Crippen molar-refractivity contribution < 1.29 is 18.7 Å². The van der Waals surface area contributed by atoms with Crippen LogP contribution in [0.4, 0.5) is 10.1 Å². The van der Waals surface area contributed by atoms with Crippen molar-refractivity contribution >= 4 is 17.5 Å². The van der Waals surface area contributed by atoms with Crippen LogP contribution in [-0.4, -0.2) is 61.6 Å². The zero-order valence-corrected chi connectivity index (χ0v) is 18.4. The largest absolute Gasteiger partial charge is 0.381 e. The van der Waals surface area contributed by atoms with E-state index in [2.05, 4.69) is 16.3 Å². The van der Waals surface area contributed by atoms with Crippen molar-refractivity contribution in [2.24, 2.45) is 11.8 Å². The summed E-state index contributed by atoms with van der Waals surface area (Å²) in [6, 6.07) is 8.70. The highest BCUT2D eigenvalue weighted by Gasteiger charge is 2.42. The molecule has 32 heavy (non-hydrogen) atoms. The van der Waals surface area contributed by atoms with Gasteiger partial charge in [0.25, 0.3) is 0 Å². The summed E-state index contributed by atoms with van der Waals surface area (Å²) in [6.45, 7) is 3.44. The molecule has 4 rings (SSSR count). The van der Waals surface area contributed by atoms with Gasteiger partial charge in [-0.2, -0.15) is 5.26 Å². The Labute approximate surface area is 188 Å². The van der Waals surface area contributed by atoms with Crippen LogP contribution in [0.25, 0.3) is 0 Å². The number of carbonyl (C=O) groups excluding carboxylic acids is 2. The Bertz CT molecular complexity index is 855. The molecule has 1 aromatic rings. The van der Waals surface area contributed by atoms with Crippen LogP contribution in [0, 0.1) is 29.0 Å². The number of ether oxygens (including phenoxy) is 1. The fourth-order valence-corrected chi connectivity index (χ4v) is 5.12. The van der Waals surface area contributed by atoms with Gasteiger partial charge in [0.2, 0.25) is 11.8 Å². The molecule has 0 aromatic heterocycles.